The van der Waals surface area contributed by atoms with Crippen LogP contribution in [0.15, 0.2) is 77.9 Å². The molecule has 0 saturated heterocycles. The molecule has 0 fully saturated rings. The minimum absolute atomic E-state index is 0.321. The predicted octanol–water partition coefficient (Wildman–Crippen LogP) is 6.23. The molecule has 3 heterocycles. The van der Waals surface area contributed by atoms with Crippen LogP contribution in [0.5, 0.6) is 0 Å². The maximum Gasteiger partial charge on any atom is 0.269 e. The fourth-order valence-electron chi connectivity index (χ4n) is 3.94. The molecular formula is C24H12Cl3N5O. The van der Waals surface area contributed by atoms with Gasteiger partial charge >= 0.3 is 0 Å². The highest BCUT2D eigenvalue weighted by atomic mass is 35.5. The van der Waals surface area contributed by atoms with Gasteiger partial charge in [0.2, 0.25) is 0 Å². The van der Waals surface area contributed by atoms with Crippen molar-refractivity contribution in [1.82, 2.24) is 24.1 Å². The van der Waals surface area contributed by atoms with E-state index in [0.717, 1.165) is 5.69 Å². The van der Waals surface area contributed by atoms with Crippen LogP contribution in [0, 0.1) is 0 Å². The monoisotopic (exact) mass is 491 g/mol. The summed E-state index contributed by atoms with van der Waals surface area (Å²) in [5, 5.41) is 1.70. The largest absolute Gasteiger partial charge is 0.276 e. The van der Waals surface area contributed by atoms with Crippen LogP contribution >= 0.6 is 34.8 Å². The van der Waals surface area contributed by atoms with Gasteiger partial charge in [0.25, 0.3) is 5.56 Å². The van der Waals surface area contributed by atoms with Crippen LogP contribution in [0.3, 0.4) is 0 Å². The minimum Gasteiger partial charge on any atom is -0.276 e. The summed E-state index contributed by atoms with van der Waals surface area (Å²) in [5.41, 5.74) is 3.55. The summed E-state index contributed by atoms with van der Waals surface area (Å²) in [6, 6.07) is 19.7. The second-order valence-electron chi connectivity index (χ2n) is 7.41. The standard InChI is InChI=1S/C24H12Cl3N5O/c25-13-4-3-5-15(10-13)32-22-20(21-23(32)30-18-7-2-1-6-17(18)29-21)24(33)31(12-28-22)19-11-14(26)8-9-16(19)27/h1-12H. The lowest BCUT2D eigenvalue weighted by molar-refractivity contribution is 0.952. The zero-order chi connectivity index (χ0) is 22.7. The number of nitrogens with zero attached hydrogens (tertiary/aromatic N) is 5. The van der Waals surface area contributed by atoms with Crippen LogP contribution in [0.1, 0.15) is 0 Å². The fraction of sp³-hybridized carbons (Fsp3) is 0. The number of hydrogen-bond acceptors (Lipinski definition) is 4. The summed E-state index contributed by atoms with van der Waals surface area (Å²) in [6.45, 7) is 0. The van der Waals surface area contributed by atoms with Gasteiger partial charge in [-0.3, -0.25) is 13.9 Å². The summed E-state index contributed by atoms with van der Waals surface area (Å²) >= 11 is 18.8. The van der Waals surface area contributed by atoms with Crippen molar-refractivity contribution in [2.24, 2.45) is 0 Å². The minimum atomic E-state index is -0.334. The molecule has 0 aliphatic rings. The molecule has 33 heavy (non-hydrogen) atoms. The molecule has 6 rings (SSSR count). The van der Waals surface area contributed by atoms with Gasteiger partial charge in [0.05, 0.1) is 27.4 Å². The zero-order valence-electron chi connectivity index (χ0n) is 16.7. The van der Waals surface area contributed by atoms with Crippen LogP contribution in [0.25, 0.3) is 44.6 Å². The molecule has 3 aromatic heterocycles. The zero-order valence-corrected chi connectivity index (χ0v) is 19.0. The first-order valence-electron chi connectivity index (χ1n) is 9.91. The first-order valence-corrected chi connectivity index (χ1v) is 11.0. The Bertz CT molecular complexity index is 1790. The third-order valence-electron chi connectivity index (χ3n) is 5.40. The molecule has 160 valence electrons. The van der Waals surface area contributed by atoms with E-state index in [1.165, 1.54) is 10.9 Å². The number of para-hydroxylation sites is 2. The lowest BCUT2D eigenvalue weighted by Crippen LogP contribution is -2.19. The van der Waals surface area contributed by atoms with Gasteiger partial charge in [-0.15, -0.1) is 0 Å². The molecule has 0 aliphatic carbocycles. The Morgan fingerprint density at radius 2 is 1.52 bits per heavy atom. The van der Waals surface area contributed by atoms with Crippen LogP contribution in [0.4, 0.5) is 0 Å². The van der Waals surface area contributed by atoms with Crippen LogP contribution < -0.4 is 5.56 Å². The van der Waals surface area contributed by atoms with Gasteiger partial charge < -0.3 is 0 Å². The van der Waals surface area contributed by atoms with Crippen molar-refractivity contribution in [3.05, 3.63) is 98.5 Å². The van der Waals surface area contributed by atoms with Crippen molar-refractivity contribution >= 4 is 68.0 Å². The second kappa shape index (κ2) is 7.56. The Morgan fingerprint density at radius 3 is 2.30 bits per heavy atom. The molecule has 0 atom stereocenters. The van der Waals surface area contributed by atoms with E-state index in [4.69, 9.17) is 44.8 Å². The molecule has 0 N–H and O–H groups in total. The van der Waals surface area contributed by atoms with E-state index < -0.39 is 0 Å². The highest BCUT2D eigenvalue weighted by Gasteiger charge is 2.22. The quantitative estimate of drug-likeness (QED) is 0.287. The SMILES string of the molecule is O=c1c2c3nc4ccccc4nc3n(-c3cccc(Cl)c3)c2ncn1-c1cc(Cl)ccc1Cl. The molecule has 0 bridgehead atoms. The predicted molar refractivity (Wildman–Crippen MR) is 132 cm³/mol. The van der Waals surface area contributed by atoms with Crippen LogP contribution in [-0.2, 0) is 0 Å². The molecule has 0 saturated carbocycles. The molecule has 6 aromatic rings. The van der Waals surface area contributed by atoms with Crippen LogP contribution in [-0.4, -0.2) is 24.1 Å². The lowest BCUT2D eigenvalue weighted by Gasteiger charge is -2.09. The summed E-state index contributed by atoms with van der Waals surface area (Å²) < 4.78 is 3.16. The summed E-state index contributed by atoms with van der Waals surface area (Å²) in [5.74, 6) is 0. The van der Waals surface area contributed by atoms with Gasteiger partial charge in [0.1, 0.15) is 17.2 Å². The van der Waals surface area contributed by atoms with Crippen molar-refractivity contribution in [1.29, 1.82) is 0 Å². The van der Waals surface area contributed by atoms with E-state index in [-0.39, 0.29) is 5.56 Å². The van der Waals surface area contributed by atoms with Crippen LogP contribution in [0.2, 0.25) is 15.1 Å². The number of benzene rings is 3. The number of rotatable bonds is 2. The molecule has 0 amide bonds. The van der Waals surface area contributed by atoms with Gasteiger partial charge in [0, 0.05) is 10.0 Å². The van der Waals surface area contributed by atoms with Crippen molar-refractivity contribution < 1.29 is 0 Å². The highest BCUT2D eigenvalue weighted by molar-refractivity contribution is 6.34. The number of fused-ring (bicyclic) bond motifs is 4. The van der Waals surface area contributed by atoms with Crippen molar-refractivity contribution in [2.45, 2.75) is 0 Å². The van der Waals surface area contributed by atoms with E-state index in [1.54, 1.807) is 34.9 Å². The van der Waals surface area contributed by atoms with Gasteiger partial charge in [0.15, 0.2) is 11.3 Å². The normalized spacial score (nSPS) is 11.6. The molecule has 9 heteroatoms. The maximum atomic E-state index is 13.8. The fourth-order valence-corrected chi connectivity index (χ4v) is 4.50. The Labute approximate surface area is 201 Å². The first kappa shape index (κ1) is 20.2. The van der Waals surface area contributed by atoms with Crippen molar-refractivity contribution in [2.75, 3.05) is 0 Å². The Hall–Kier alpha value is -3.45. The molecule has 0 radical (unpaired) electrons. The first-order chi connectivity index (χ1) is 16.0. The summed E-state index contributed by atoms with van der Waals surface area (Å²) in [6.07, 6.45) is 1.43. The molecule has 6 nitrogen and oxygen atoms in total. The number of aromatic nitrogens is 5. The van der Waals surface area contributed by atoms with Gasteiger partial charge in [-0.05, 0) is 48.5 Å². The summed E-state index contributed by atoms with van der Waals surface area (Å²) in [4.78, 5) is 28.0. The van der Waals surface area contributed by atoms with E-state index >= 15 is 0 Å². The lowest BCUT2D eigenvalue weighted by atomic mass is 10.2. The molecular weight excluding hydrogens is 481 g/mol. The Morgan fingerprint density at radius 1 is 0.758 bits per heavy atom. The topological polar surface area (TPSA) is 65.6 Å². The number of halogens is 3. The van der Waals surface area contributed by atoms with Gasteiger partial charge in [-0.1, -0.05) is 53.0 Å². The van der Waals surface area contributed by atoms with E-state index in [2.05, 4.69) is 4.98 Å². The van der Waals surface area contributed by atoms with Gasteiger partial charge in [-0.25, -0.2) is 15.0 Å². The van der Waals surface area contributed by atoms with Crippen molar-refractivity contribution in [3.63, 3.8) is 0 Å². The summed E-state index contributed by atoms with van der Waals surface area (Å²) in [7, 11) is 0. The maximum absolute atomic E-state index is 13.8. The average Bonchev–Trinajstić information content (AvgIpc) is 3.13. The Balaban J connectivity index is 1.80. The third kappa shape index (κ3) is 3.18. The number of hydrogen-bond donors (Lipinski definition) is 0. The smallest absolute Gasteiger partial charge is 0.269 e. The van der Waals surface area contributed by atoms with Gasteiger partial charge in [-0.2, -0.15) is 0 Å². The van der Waals surface area contributed by atoms with E-state index in [0.29, 0.717) is 54.0 Å². The van der Waals surface area contributed by atoms with E-state index in [1.807, 2.05) is 36.4 Å². The Kier molecular flexibility index (Phi) is 4.62. The molecule has 0 aliphatic heterocycles. The molecule has 0 spiro atoms. The molecule has 3 aromatic carbocycles. The highest BCUT2D eigenvalue weighted by Crippen LogP contribution is 2.30. The van der Waals surface area contributed by atoms with Crippen molar-refractivity contribution in [3.8, 4) is 11.4 Å². The third-order valence-corrected chi connectivity index (χ3v) is 6.19. The second-order valence-corrected chi connectivity index (χ2v) is 8.69. The van der Waals surface area contributed by atoms with E-state index in [9.17, 15) is 4.79 Å². The average molecular weight is 493 g/mol. The molecule has 0 unspecified atom stereocenters.